The van der Waals surface area contributed by atoms with Gasteiger partial charge in [-0.05, 0) is 40.4 Å². The molecule has 0 saturated heterocycles. The lowest BCUT2D eigenvalue weighted by Gasteiger charge is -2.33. The maximum Gasteiger partial charge on any atom is 0.330 e. The molecule has 0 aromatic carbocycles. The number of carbonyl (C=O) groups is 1. The van der Waals surface area contributed by atoms with E-state index >= 15 is 0 Å². The molecule has 0 atom stereocenters. The van der Waals surface area contributed by atoms with E-state index in [0.29, 0.717) is 6.61 Å². The highest BCUT2D eigenvalue weighted by molar-refractivity contribution is 5.85. The third kappa shape index (κ3) is 18.2. The van der Waals surface area contributed by atoms with Gasteiger partial charge in [0, 0.05) is 6.08 Å². The summed E-state index contributed by atoms with van der Waals surface area (Å²) in [5.41, 5.74) is 0. The summed E-state index contributed by atoms with van der Waals surface area (Å²) < 4.78 is 4.97. The molecule has 0 fully saturated rings. The molecule has 0 rings (SSSR count). The third-order valence-electron chi connectivity index (χ3n) is 5.89. The number of esters is 1. The summed E-state index contributed by atoms with van der Waals surface area (Å²) in [6.07, 6.45) is 22.0. The van der Waals surface area contributed by atoms with Crippen LogP contribution in [0, 0.1) is 0 Å². The van der Waals surface area contributed by atoms with Crippen molar-refractivity contribution in [3.8, 4) is 0 Å². The van der Waals surface area contributed by atoms with Crippen LogP contribution in [0.3, 0.4) is 0 Å². The fraction of sp³-hybridized carbons (Fsp3) is 0.875. The molecule has 0 unspecified atom stereocenters. The predicted molar refractivity (Wildman–Crippen MR) is 132 cm³/mol. The summed E-state index contributed by atoms with van der Waals surface area (Å²) in [6.45, 7) is 3.93. The normalized spacial score (nSPS) is 11.2. The van der Waals surface area contributed by atoms with E-state index < -0.39 is 0 Å². The van der Waals surface area contributed by atoms with Crippen molar-refractivity contribution in [2.24, 2.45) is 0 Å². The Morgan fingerprint density at radius 1 is 0.700 bits per heavy atom. The molecule has 0 aliphatic heterocycles. The number of hydrogen-bond acceptors (Lipinski definition) is 5. The van der Waals surface area contributed by atoms with Crippen molar-refractivity contribution in [1.82, 2.24) is 16.0 Å². The summed E-state index contributed by atoms with van der Waals surface area (Å²) in [7, 11) is 6.00. The van der Waals surface area contributed by atoms with E-state index in [1.807, 2.05) is 21.1 Å². The standard InChI is InChI=1S/C24H49N3O2.ClH/c1-5-23(28)29-22-20-18-16-14-12-10-8-6-7-9-11-13-15-17-19-21-24(25-2,26-3)27-4;/h5,25-27H,1,6-22H2,2-4H3;1H. The first-order valence-corrected chi connectivity index (χ1v) is 12.0. The minimum atomic E-state index is -0.306. The SMILES string of the molecule is C=CC(=O)OCCCCCCCCCCCCCCCCCC(NC)(NC)NC.Cl. The van der Waals surface area contributed by atoms with Crippen LogP contribution < -0.4 is 16.0 Å². The lowest BCUT2D eigenvalue weighted by Crippen LogP contribution is -2.63. The van der Waals surface area contributed by atoms with Gasteiger partial charge in [-0.2, -0.15) is 0 Å². The van der Waals surface area contributed by atoms with E-state index in [1.165, 1.54) is 89.5 Å². The summed E-state index contributed by atoms with van der Waals surface area (Å²) in [4.78, 5) is 10.9. The molecular weight excluding hydrogens is 398 g/mol. The predicted octanol–water partition coefficient (Wildman–Crippen LogP) is 5.69. The zero-order chi connectivity index (χ0) is 21.6. The number of unbranched alkanes of at least 4 members (excludes halogenated alkanes) is 14. The molecule has 6 heteroatoms. The average molecular weight is 448 g/mol. The summed E-state index contributed by atoms with van der Waals surface area (Å²) >= 11 is 0. The summed E-state index contributed by atoms with van der Waals surface area (Å²) in [6, 6.07) is 0. The Labute approximate surface area is 193 Å². The smallest absolute Gasteiger partial charge is 0.330 e. The second kappa shape index (κ2) is 23.1. The molecule has 0 saturated carbocycles. The molecule has 0 aliphatic rings. The molecule has 3 N–H and O–H groups in total. The first kappa shape index (κ1) is 31.6. The molecule has 0 bridgehead atoms. The van der Waals surface area contributed by atoms with E-state index in [1.54, 1.807) is 0 Å². The Bertz CT molecular complexity index is 382. The number of hydrogen-bond donors (Lipinski definition) is 3. The van der Waals surface area contributed by atoms with Crippen molar-refractivity contribution in [3.63, 3.8) is 0 Å². The molecular formula is C24H50ClN3O2. The molecule has 0 radical (unpaired) electrons. The Morgan fingerprint density at radius 3 is 1.37 bits per heavy atom. The topological polar surface area (TPSA) is 62.4 Å². The molecule has 180 valence electrons. The summed E-state index contributed by atoms with van der Waals surface area (Å²) in [5, 5.41) is 10.0. The van der Waals surface area contributed by atoms with Crippen molar-refractivity contribution in [1.29, 1.82) is 0 Å². The zero-order valence-electron chi connectivity index (χ0n) is 20.0. The van der Waals surface area contributed by atoms with Crippen LogP contribution in [0.2, 0.25) is 0 Å². The van der Waals surface area contributed by atoms with Crippen LogP contribution >= 0.6 is 12.4 Å². The Balaban J connectivity index is 0. The van der Waals surface area contributed by atoms with Crippen molar-refractivity contribution >= 4 is 18.4 Å². The number of ether oxygens (including phenoxy) is 1. The lowest BCUT2D eigenvalue weighted by molar-refractivity contribution is -0.137. The molecule has 0 heterocycles. The number of rotatable bonds is 22. The number of nitrogens with one attached hydrogen (secondary N) is 3. The maximum absolute atomic E-state index is 10.9. The molecule has 0 aliphatic carbocycles. The van der Waals surface area contributed by atoms with Crippen LogP contribution in [-0.2, 0) is 9.53 Å². The van der Waals surface area contributed by atoms with Crippen LogP contribution in [-0.4, -0.2) is 39.5 Å². The Morgan fingerprint density at radius 2 is 1.03 bits per heavy atom. The third-order valence-corrected chi connectivity index (χ3v) is 5.89. The van der Waals surface area contributed by atoms with Gasteiger partial charge in [0.1, 0.15) is 5.79 Å². The van der Waals surface area contributed by atoms with Gasteiger partial charge in [0.05, 0.1) is 6.61 Å². The largest absolute Gasteiger partial charge is 0.463 e. The monoisotopic (exact) mass is 447 g/mol. The van der Waals surface area contributed by atoms with Gasteiger partial charge in [-0.15, -0.1) is 12.4 Å². The van der Waals surface area contributed by atoms with Gasteiger partial charge in [-0.1, -0.05) is 90.0 Å². The fourth-order valence-electron chi connectivity index (χ4n) is 3.77. The Hall–Kier alpha value is -0.620. The highest BCUT2D eigenvalue weighted by atomic mass is 35.5. The van der Waals surface area contributed by atoms with E-state index in [2.05, 4.69) is 22.5 Å². The number of carbonyl (C=O) groups excluding carboxylic acids is 1. The van der Waals surface area contributed by atoms with Gasteiger partial charge in [0.15, 0.2) is 0 Å². The Kier molecular flexibility index (Phi) is 24.3. The van der Waals surface area contributed by atoms with Gasteiger partial charge >= 0.3 is 5.97 Å². The van der Waals surface area contributed by atoms with E-state index in [9.17, 15) is 4.79 Å². The van der Waals surface area contributed by atoms with Gasteiger partial charge in [-0.3, -0.25) is 16.0 Å². The second-order valence-electron chi connectivity index (χ2n) is 8.08. The first-order chi connectivity index (χ1) is 14.1. The highest BCUT2D eigenvalue weighted by Gasteiger charge is 2.21. The molecule has 30 heavy (non-hydrogen) atoms. The van der Waals surface area contributed by atoms with Crippen molar-refractivity contribution in [3.05, 3.63) is 12.7 Å². The molecule has 0 amide bonds. The van der Waals surface area contributed by atoms with Crippen LogP contribution in [0.5, 0.6) is 0 Å². The number of halogens is 1. The van der Waals surface area contributed by atoms with Gasteiger partial charge < -0.3 is 4.74 Å². The first-order valence-electron chi connectivity index (χ1n) is 12.0. The molecule has 0 spiro atoms. The minimum absolute atomic E-state index is 0. The highest BCUT2D eigenvalue weighted by Crippen LogP contribution is 2.15. The minimum Gasteiger partial charge on any atom is -0.463 e. The van der Waals surface area contributed by atoms with E-state index in [0.717, 1.165) is 19.3 Å². The summed E-state index contributed by atoms with van der Waals surface area (Å²) in [5.74, 6) is -0.417. The van der Waals surface area contributed by atoms with Crippen LogP contribution in [0.15, 0.2) is 12.7 Å². The molecule has 5 nitrogen and oxygen atoms in total. The van der Waals surface area contributed by atoms with Crippen LogP contribution in [0.25, 0.3) is 0 Å². The van der Waals surface area contributed by atoms with Crippen LogP contribution in [0.1, 0.15) is 103 Å². The van der Waals surface area contributed by atoms with Crippen molar-refractivity contribution in [2.45, 2.75) is 109 Å². The van der Waals surface area contributed by atoms with Gasteiger partial charge in [0.25, 0.3) is 0 Å². The average Bonchev–Trinajstić information content (AvgIpc) is 2.75. The van der Waals surface area contributed by atoms with E-state index in [-0.39, 0.29) is 24.2 Å². The van der Waals surface area contributed by atoms with E-state index in [4.69, 9.17) is 4.74 Å². The van der Waals surface area contributed by atoms with Crippen molar-refractivity contribution in [2.75, 3.05) is 27.7 Å². The molecule has 0 aromatic rings. The lowest BCUT2D eigenvalue weighted by atomic mass is 10.0. The quantitative estimate of drug-likeness (QED) is 0.0860. The maximum atomic E-state index is 10.9. The fourth-order valence-corrected chi connectivity index (χ4v) is 3.77. The zero-order valence-corrected chi connectivity index (χ0v) is 20.8. The molecule has 0 aromatic heterocycles. The van der Waals surface area contributed by atoms with Gasteiger partial charge in [-0.25, -0.2) is 4.79 Å². The van der Waals surface area contributed by atoms with Crippen LogP contribution in [0.4, 0.5) is 0 Å². The van der Waals surface area contributed by atoms with Gasteiger partial charge in [0.2, 0.25) is 0 Å². The second-order valence-corrected chi connectivity index (χ2v) is 8.08. The van der Waals surface area contributed by atoms with Crippen molar-refractivity contribution < 1.29 is 9.53 Å².